The Kier molecular flexibility index (Phi) is 5.11. The number of hydrogen-bond donors (Lipinski definition) is 1. The van der Waals surface area contributed by atoms with Crippen molar-refractivity contribution < 1.29 is 13.2 Å². The average Bonchev–Trinajstić information content (AvgIpc) is 2.74. The molecule has 1 N–H and O–H groups in total. The molecule has 0 spiro atoms. The highest BCUT2D eigenvalue weighted by atomic mass is 79.9. The highest BCUT2D eigenvalue weighted by Gasteiger charge is 2.30. The van der Waals surface area contributed by atoms with Crippen molar-refractivity contribution in [3.8, 4) is 0 Å². The van der Waals surface area contributed by atoms with Crippen LogP contribution in [0.1, 0.15) is 33.8 Å². The summed E-state index contributed by atoms with van der Waals surface area (Å²) >= 11 is 5.17. The zero-order chi connectivity index (χ0) is 15.6. The first-order valence-electron chi connectivity index (χ1n) is 6.42. The molecule has 2 rings (SSSR count). The molecule has 0 aliphatic heterocycles. The number of rotatable bonds is 4. The van der Waals surface area contributed by atoms with Crippen LogP contribution in [0.25, 0.3) is 0 Å². The predicted octanol–water partition coefficient (Wildman–Crippen LogP) is 5.69. The summed E-state index contributed by atoms with van der Waals surface area (Å²) in [5, 5.41) is 3.32. The van der Waals surface area contributed by atoms with Crippen molar-refractivity contribution in [2.45, 2.75) is 32.6 Å². The van der Waals surface area contributed by atoms with Gasteiger partial charge in [-0.05, 0) is 53.5 Å². The van der Waals surface area contributed by atoms with Crippen LogP contribution in [0.2, 0.25) is 0 Å². The van der Waals surface area contributed by atoms with Gasteiger partial charge in [0.1, 0.15) is 0 Å². The van der Waals surface area contributed by atoms with Crippen LogP contribution in [0, 0.1) is 6.92 Å². The van der Waals surface area contributed by atoms with Crippen molar-refractivity contribution >= 4 is 27.3 Å². The second-order valence-corrected chi connectivity index (χ2v) is 7.03. The Morgan fingerprint density at radius 2 is 1.86 bits per heavy atom. The van der Waals surface area contributed by atoms with Crippen molar-refractivity contribution in [3.63, 3.8) is 0 Å². The minimum Gasteiger partial charge on any atom is -0.305 e. The first-order chi connectivity index (χ1) is 9.77. The molecule has 2 aromatic rings. The summed E-state index contributed by atoms with van der Waals surface area (Å²) in [6.07, 6.45) is -4.28. The minimum absolute atomic E-state index is 0.00605. The van der Waals surface area contributed by atoms with Gasteiger partial charge in [0.25, 0.3) is 0 Å². The third kappa shape index (κ3) is 4.31. The Bertz CT molecular complexity index is 585. The van der Waals surface area contributed by atoms with E-state index in [4.69, 9.17) is 0 Å². The van der Waals surface area contributed by atoms with E-state index in [-0.39, 0.29) is 6.04 Å². The van der Waals surface area contributed by atoms with Gasteiger partial charge in [0.15, 0.2) is 0 Å². The Balaban J connectivity index is 1.98. The van der Waals surface area contributed by atoms with Gasteiger partial charge in [-0.2, -0.15) is 13.2 Å². The zero-order valence-corrected chi connectivity index (χ0v) is 14.0. The van der Waals surface area contributed by atoms with Crippen molar-refractivity contribution in [1.82, 2.24) is 5.32 Å². The summed E-state index contributed by atoms with van der Waals surface area (Å²) in [4.78, 5) is 2.41. The Hall–Kier alpha value is -0.850. The van der Waals surface area contributed by atoms with Crippen LogP contribution in [0.4, 0.5) is 13.2 Å². The molecule has 1 unspecified atom stereocenters. The molecule has 1 nitrogen and oxygen atoms in total. The fourth-order valence-corrected chi connectivity index (χ4v) is 3.49. The summed E-state index contributed by atoms with van der Waals surface area (Å²) in [7, 11) is 0. The highest BCUT2D eigenvalue weighted by molar-refractivity contribution is 9.10. The van der Waals surface area contributed by atoms with Gasteiger partial charge in [-0.3, -0.25) is 0 Å². The lowest BCUT2D eigenvalue weighted by Gasteiger charge is -2.15. The maximum absolute atomic E-state index is 12.5. The summed E-state index contributed by atoms with van der Waals surface area (Å²) < 4.78 is 38.6. The van der Waals surface area contributed by atoms with E-state index < -0.39 is 11.7 Å². The Morgan fingerprint density at radius 1 is 1.24 bits per heavy atom. The first-order valence-corrected chi connectivity index (χ1v) is 8.03. The van der Waals surface area contributed by atoms with Gasteiger partial charge in [-0.1, -0.05) is 12.1 Å². The van der Waals surface area contributed by atoms with E-state index in [0.717, 1.165) is 22.2 Å². The third-order valence-corrected chi connectivity index (χ3v) is 5.37. The molecule has 0 saturated carbocycles. The van der Waals surface area contributed by atoms with Gasteiger partial charge >= 0.3 is 6.18 Å². The maximum Gasteiger partial charge on any atom is 0.416 e. The summed E-state index contributed by atoms with van der Waals surface area (Å²) in [5.41, 5.74) is 0.228. The zero-order valence-electron chi connectivity index (χ0n) is 11.6. The average molecular weight is 378 g/mol. The standard InChI is InChI=1S/C15H15BrF3NS/c1-9(20-8-13-7-14(16)10(2)21-13)11-3-5-12(6-4-11)15(17,18)19/h3-7,9,20H,8H2,1-2H3. The van der Waals surface area contributed by atoms with Crippen molar-refractivity contribution in [1.29, 1.82) is 0 Å². The van der Waals surface area contributed by atoms with E-state index in [1.54, 1.807) is 11.3 Å². The fourth-order valence-electron chi connectivity index (χ4n) is 1.94. The van der Waals surface area contributed by atoms with E-state index in [9.17, 15) is 13.2 Å². The molecule has 0 aliphatic rings. The Labute approximate surface area is 134 Å². The van der Waals surface area contributed by atoms with Crippen LogP contribution in [0.5, 0.6) is 0 Å². The minimum atomic E-state index is -4.28. The van der Waals surface area contributed by atoms with Crippen LogP contribution in [-0.2, 0) is 12.7 Å². The normalized spacial score (nSPS) is 13.4. The number of hydrogen-bond acceptors (Lipinski definition) is 2. The second-order valence-electron chi connectivity index (χ2n) is 4.84. The largest absolute Gasteiger partial charge is 0.416 e. The van der Waals surface area contributed by atoms with Gasteiger partial charge in [0, 0.05) is 26.8 Å². The smallest absolute Gasteiger partial charge is 0.305 e. The molecule has 1 aromatic heterocycles. The van der Waals surface area contributed by atoms with Crippen molar-refractivity contribution in [2.75, 3.05) is 0 Å². The van der Waals surface area contributed by atoms with Crippen molar-refractivity contribution in [3.05, 3.63) is 55.7 Å². The topological polar surface area (TPSA) is 12.0 Å². The number of thiophene rings is 1. The molecule has 0 fully saturated rings. The van der Waals surface area contributed by atoms with E-state index in [2.05, 4.69) is 27.3 Å². The predicted molar refractivity (Wildman–Crippen MR) is 83.5 cm³/mol. The lowest BCUT2D eigenvalue weighted by molar-refractivity contribution is -0.137. The third-order valence-electron chi connectivity index (χ3n) is 3.23. The molecule has 1 aromatic carbocycles. The monoisotopic (exact) mass is 377 g/mol. The first kappa shape index (κ1) is 16.5. The Morgan fingerprint density at radius 3 is 2.33 bits per heavy atom. The lowest BCUT2D eigenvalue weighted by atomic mass is 10.1. The molecule has 6 heteroatoms. The van der Waals surface area contributed by atoms with Crippen LogP contribution in [0.3, 0.4) is 0 Å². The number of nitrogens with one attached hydrogen (secondary N) is 1. The van der Waals surface area contributed by atoms with Gasteiger partial charge in [0.05, 0.1) is 5.56 Å². The molecule has 0 radical (unpaired) electrons. The molecule has 0 bridgehead atoms. The van der Waals surface area contributed by atoms with Gasteiger partial charge in [0.2, 0.25) is 0 Å². The van der Waals surface area contributed by atoms with Gasteiger partial charge < -0.3 is 5.32 Å². The number of halogens is 4. The van der Waals surface area contributed by atoms with Crippen molar-refractivity contribution in [2.24, 2.45) is 0 Å². The van der Waals surface area contributed by atoms with Crippen LogP contribution in [0.15, 0.2) is 34.8 Å². The van der Waals surface area contributed by atoms with E-state index in [1.807, 2.05) is 13.8 Å². The number of benzene rings is 1. The molecule has 1 atom stereocenters. The maximum atomic E-state index is 12.5. The fraction of sp³-hybridized carbons (Fsp3) is 0.333. The molecule has 0 saturated heterocycles. The van der Waals surface area contributed by atoms with Crippen LogP contribution in [-0.4, -0.2) is 0 Å². The van der Waals surface area contributed by atoms with Gasteiger partial charge in [-0.25, -0.2) is 0 Å². The number of aryl methyl sites for hydroxylation is 1. The second kappa shape index (κ2) is 6.50. The molecular weight excluding hydrogens is 363 g/mol. The molecule has 114 valence electrons. The SMILES string of the molecule is Cc1sc(CNC(C)c2ccc(C(F)(F)F)cc2)cc1Br. The molecular formula is C15H15BrF3NS. The molecule has 0 amide bonds. The molecule has 21 heavy (non-hydrogen) atoms. The highest BCUT2D eigenvalue weighted by Crippen LogP contribution is 2.30. The van der Waals surface area contributed by atoms with Gasteiger partial charge in [-0.15, -0.1) is 11.3 Å². The number of alkyl halides is 3. The van der Waals surface area contributed by atoms with E-state index >= 15 is 0 Å². The van der Waals surface area contributed by atoms with Crippen LogP contribution < -0.4 is 5.32 Å². The van der Waals surface area contributed by atoms with Crippen LogP contribution >= 0.6 is 27.3 Å². The summed E-state index contributed by atoms with van der Waals surface area (Å²) in [5.74, 6) is 0. The van der Waals surface area contributed by atoms with E-state index in [0.29, 0.717) is 6.54 Å². The summed E-state index contributed by atoms with van der Waals surface area (Å²) in [6, 6.07) is 7.35. The molecule has 0 aliphatic carbocycles. The quantitative estimate of drug-likeness (QED) is 0.721. The summed E-state index contributed by atoms with van der Waals surface area (Å²) in [6.45, 7) is 4.68. The molecule has 1 heterocycles. The van der Waals surface area contributed by atoms with E-state index in [1.165, 1.54) is 21.9 Å². The lowest BCUT2D eigenvalue weighted by Crippen LogP contribution is -2.17.